The van der Waals surface area contributed by atoms with Crippen molar-refractivity contribution in [1.82, 2.24) is 0 Å². The number of benzene rings is 1. The Hall–Kier alpha value is -1.02. The third-order valence-corrected chi connectivity index (χ3v) is 3.74. The standard InChI is InChI=1S/C14H21NO/c1-3-11-12(7-6-8-13(11)16-2)14(15)9-4-5-10-14/h6-8H,3-5,9-10,15H2,1-2H3. The molecule has 2 nitrogen and oxygen atoms in total. The number of hydrogen-bond donors (Lipinski definition) is 1. The van der Waals surface area contributed by atoms with Gasteiger partial charge in [-0.1, -0.05) is 31.9 Å². The molecule has 1 saturated carbocycles. The zero-order valence-electron chi connectivity index (χ0n) is 10.3. The number of hydrogen-bond acceptors (Lipinski definition) is 2. The highest BCUT2D eigenvalue weighted by Crippen LogP contribution is 2.40. The van der Waals surface area contributed by atoms with E-state index >= 15 is 0 Å². The summed E-state index contributed by atoms with van der Waals surface area (Å²) in [6.07, 6.45) is 5.69. The lowest BCUT2D eigenvalue weighted by molar-refractivity contribution is 0.401. The first kappa shape index (κ1) is 11.5. The van der Waals surface area contributed by atoms with Gasteiger partial charge in [0.2, 0.25) is 0 Å². The second-order valence-corrected chi connectivity index (χ2v) is 4.70. The predicted molar refractivity (Wildman–Crippen MR) is 66.7 cm³/mol. The van der Waals surface area contributed by atoms with Gasteiger partial charge in [-0.25, -0.2) is 0 Å². The molecule has 88 valence electrons. The predicted octanol–water partition coefficient (Wildman–Crippen LogP) is 2.99. The summed E-state index contributed by atoms with van der Waals surface area (Å²) in [5.74, 6) is 0.983. The molecule has 0 aliphatic heterocycles. The van der Waals surface area contributed by atoms with E-state index in [1.54, 1.807) is 7.11 Å². The molecule has 0 saturated heterocycles. The summed E-state index contributed by atoms with van der Waals surface area (Å²) in [5.41, 5.74) is 9.00. The van der Waals surface area contributed by atoms with Crippen molar-refractivity contribution in [3.63, 3.8) is 0 Å². The van der Waals surface area contributed by atoms with Crippen molar-refractivity contribution in [2.45, 2.75) is 44.6 Å². The van der Waals surface area contributed by atoms with Crippen molar-refractivity contribution in [2.75, 3.05) is 7.11 Å². The van der Waals surface area contributed by atoms with E-state index in [-0.39, 0.29) is 5.54 Å². The zero-order chi connectivity index (χ0) is 11.6. The summed E-state index contributed by atoms with van der Waals surface area (Å²) < 4.78 is 5.43. The monoisotopic (exact) mass is 219 g/mol. The van der Waals surface area contributed by atoms with Crippen LogP contribution in [0.25, 0.3) is 0 Å². The Morgan fingerprint density at radius 1 is 1.31 bits per heavy atom. The fourth-order valence-corrected chi connectivity index (χ4v) is 2.86. The molecule has 2 N–H and O–H groups in total. The van der Waals surface area contributed by atoms with Gasteiger partial charge in [0.25, 0.3) is 0 Å². The van der Waals surface area contributed by atoms with E-state index in [1.807, 2.05) is 6.07 Å². The van der Waals surface area contributed by atoms with Crippen molar-refractivity contribution in [3.8, 4) is 5.75 Å². The Labute approximate surface area is 97.8 Å². The Bertz CT molecular complexity index is 367. The van der Waals surface area contributed by atoms with Crippen molar-refractivity contribution in [2.24, 2.45) is 5.73 Å². The van der Waals surface area contributed by atoms with Crippen LogP contribution in [0.15, 0.2) is 18.2 Å². The number of ether oxygens (including phenoxy) is 1. The van der Waals surface area contributed by atoms with Crippen molar-refractivity contribution in [1.29, 1.82) is 0 Å². The van der Waals surface area contributed by atoms with Gasteiger partial charge in [-0.3, -0.25) is 0 Å². The summed E-state index contributed by atoms with van der Waals surface area (Å²) in [4.78, 5) is 0. The molecule has 0 atom stereocenters. The first-order chi connectivity index (χ1) is 7.71. The van der Waals surface area contributed by atoms with E-state index < -0.39 is 0 Å². The third-order valence-electron chi connectivity index (χ3n) is 3.74. The highest BCUT2D eigenvalue weighted by molar-refractivity contribution is 5.44. The lowest BCUT2D eigenvalue weighted by atomic mass is 9.85. The van der Waals surface area contributed by atoms with Crippen molar-refractivity contribution in [3.05, 3.63) is 29.3 Å². The van der Waals surface area contributed by atoms with Crippen molar-refractivity contribution < 1.29 is 4.74 Å². The minimum Gasteiger partial charge on any atom is -0.496 e. The summed E-state index contributed by atoms with van der Waals surface area (Å²) in [6.45, 7) is 2.17. The third kappa shape index (κ3) is 1.82. The van der Waals surface area contributed by atoms with Gasteiger partial charge in [-0.15, -0.1) is 0 Å². The average molecular weight is 219 g/mol. The van der Waals surface area contributed by atoms with E-state index in [9.17, 15) is 0 Å². The van der Waals surface area contributed by atoms with E-state index in [1.165, 1.54) is 24.0 Å². The van der Waals surface area contributed by atoms with Gasteiger partial charge in [0.05, 0.1) is 7.11 Å². The molecule has 0 aromatic heterocycles. The minimum absolute atomic E-state index is 0.111. The first-order valence-corrected chi connectivity index (χ1v) is 6.16. The van der Waals surface area contributed by atoms with E-state index in [2.05, 4.69) is 19.1 Å². The quantitative estimate of drug-likeness (QED) is 0.848. The maximum Gasteiger partial charge on any atom is 0.122 e. The van der Waals surface area contributed by atoms with E-state index in [0.29, 0.717) is 0 Å². The Kier molecular flexibility index (Phi) is 3.20. The van der Waals surface area contributed by atoms with Gasteiger partial charge in [-0.05, 0) is 36.5 Å². The normalized spacial score (nSPS) is 18.7. The molecule has 0 bridgehead atoms. The van der Waals surface area contributed by atoms with Crippen LogP contribution in [0.3, 0.4) is 0 Å². The number of rotatable bonds is 3. The maximum absolute atomic E-state index is 6.52. The topological polar surface area (TPSA) is 35.2 Å². The molecular formula is C14H21NO. The smallest absolute Gasteiger partial charge is 0.122 e. The molecule has 1 aliphatic carbocycles. The highest BCUT2D eigenvalue weighted by atomic mass is 16.5. The SMILES string of the molecule is CCc1c(OC)cccc1C1(N)CCCC1. The Morgan fingerprint density at radius 2 is 2.00 bits per heavy atom. The maximum atomic E-state index is 6.52. The second-order valence-electron chi connectivity index (χ2n) is 4.70. The van der Waals surface area contributed by atoms with Gasteiger partial charge in [0.1, 0.15) is 5.75 Å². The molecule has 2 rings (SSSR count). The Morgan fingerprint density at radius 3 is 2.56 bits per heavy atom. The fraction of sp³-hybridized carbons (Fsp3) is 0.571. The van der Waals surface area contributed by atoms with Crippen LogP contribution >= 0.6 is 0 Å². The average Bonchev–Trinajstić information content (AvgIpc) is 2.76. The summed E-state index contributed by atoms with van der Waals surface area (Å²) in [6, 6.07) is 6.26. The summed E-state index contributed by atoms with van der Waals surface area (Å²) in [7, 11) is 1.73. The second kappa shape index (κ2) is 4.46. The first-order valence-electron chi connectivity index (χ1n) is 6.16. The molecule has 1 aromatic carbocycles. The van der Waals surface area contributed by atoms with Gasteiger partial charge < -0.3 is 10.5 Å². The lowest BCUT2D eigenvalue weighted by Gasteiger charge is -2.27. The molecule has 0 spiro atoms. The lowest BCUT2D eigenvalue weighted by Crippen LogP contribution is -2.34. The molecule has 2 heteroatoms. The molecular weight excluding hydrogens is 198 g/mol. The molecule has 0 radical (unpaired) electrons. The summed E-state index contributed by atoms with van der Waals surface area (Å²) in [5, 5.41) is 0. The molecule has 16 heavy (non-hydrogen) atoms. The largest absolute Gasteiger partial charge is 0.496 e. The zero-order valence-corrected chi connectivity index (χ0v) is 10.3. The fourth-order valence-electron chi connectivity index (χ4n) is 2.86. The summed E-state index contributed by atoms with van der Waals surface area (Å²) >= 11 is 0. The van der Waals surface area contributed by atoms with Crippen LogP contribution < -0.4 is 10.5 Å². The highest BCUT2D eigenvalue weighted by Gasteiger charge is 2.33. The van der Waals surface area contributed by atoms with Crippen molar-refractivity contribution >= 4 is 0 Å². The minimum atomic E-state index is -0.111. The van der Waals surface area contributed by atoms with Gasteiger partial charge in [0.15, 0.2) is 0 Å². The molecule has 0 heterocycles. The van der Waals surface area contributed by atoms with Crippen LogP contribution in [0.5, 0.6) is 5.75 Å². The molecule has 0 amide bonds. The molecule has 1 fully saturated rings. The van der Waals surface area contributed by atoms with Gasteiger partial charge in [-0.2, -0.15) is 0 Å². The van der Waals surface area contributed by atoms with Crippen LogP contribution in [0.1, 0.15) is 43.7 Å². The molecule has 1 aromatic rings. The van der Waals surface area contributed by atoms with E-state index in [4.69, 9.17) is 10.5 Å². The number of nitrogens with two attached hydrogens (primary N) is 1. The van der Waals surface area contributed by atoms with Crippen LogP contribution in [-0.4, -0.2) is 7.11 Å². The van der Waals surface area contributed by atoms with Crippen LogP contribution in [0.4, 0.5) is 0 Å². The van der Waals surface area contributed by atoms with E-state index in [0.717, 1.165) is 25.0 Å². The molecule has 0 unspecified atom stereocenters. The number of methoxy groups -OCH3 is 1. The molecule has 1 aliphatic rings. The van der Waals surface area contributed by atoms with Gasteiger partial charge >= 0.3 is 0 Å². The Balaban J connectivity index is 2.47. The van der Waals surface area contributed by atoms with Crippen LogP contribution in [0.2, 0.25) is 0 Å². The van der Waals surface area contributed by atoms with Crippen LogP contribution in [-0.2, 0) is 12.0 Å². The van der Waals surface area contributed by atoms with Gasteiger partial charge in [0, 0.05) is 5.54 Å². The van der Waals surface area contributed by atoms with Crippen LogP contribution in [0, 0.1) is 0 Å².